The maximum absolute atomic E-state index is 12.0. The molecule has 0 saturated carbocycles. The van der Waals surface area contributed by atoms with Crippen LogP contribution in [0.25, 0.3) is 0 Å². The fourth-order valence-corrected chi connectivity index (χ4v) is 4.31. The number of ether oxygens (including phenoxy) is 12. The second-order valence-corrected chi connectivity index (χ2v) is 11.4. The SMILES string of the molecule is CCCCC(CC)C(=O)OCCOCCOCCOCCOCCOCCOCCOCCOCCOCCOCCOC(=O)C(=O)c1ccccc1. The predicted octanol–water partition coefficient (Wildman–Crippen LogP) is 3.34. The summed E-state index contributed by atoms with van der Waals surface area (Å²) in [5, 5.41) is 0. The quantitative estimate of drug-likeness (QED) is 0.0414. The van der Waals surface area contributed by atoms with Crippen LogP contribution in [-0.2, 0) is 66.4 Å². The Bertz CT molecular complexity index is 982. The van der Waals surface area contributed by atoms with Crippen LogP contribution in [0.1, 0.15) is 49.9 Å². The molecule has 15 heteroatoms. The number of carbonyl (C=O) groups is 3. The minimum absolute atomic E-state index is 0.00677. The van der Waals surface area contributed by atoms with Crippen molar-refractivity contribution in [3.05, 3.63) is 35.9 Å². The highest BCUT2D eigenvalue weighted by molar-refractivity contribution is 6.40. The third kappa shape index (κ3) is 30.5. The van der Waals surface area contributed by atoms with E-state index in [4.69, 9.17) is 56.8 Å². The summed E-state index contributed by atoms with van der Waals surface area (Å²) in [6.45, 7) is 13.0. The maximum Gasteiger partial charge on any atom is 0.379 e. The fraction of sp³-hybridized carbons (Fsp3) is 0.763. The number of hydrogen-bond donors (Lipinski definition) is 0. The van der Waals surface area contributed by atoms with Crippen LogP contribution in [0, 0.1) is 5.92 Å². The van der Waals surface area contributed by atoms with Crippen LogP contribution < -0.4 is 0 Å². The molecule has 0 aliphatic carbocycles. The monoisotopic (exact) mass is 760 g/mol. The molecule has 1 aromatic carbocycles. The lowest BCUT2D eigenvalue weighted by atomic mass is 10.00. The summed E-state index contributed by atoms with van der Waals surface area (Å²) in [5.74, 6) is -1.72. The van der Waals surface area contributed by atoms with Crippen LogP contribution in [0.3, 0.4) is 0 Å². The number of Topliss-reactive ketones (excluding diaryl/α,β-unsaturated/α-hetero) is 1. The molecule has 1 atom stereocenters. The standard InChI is InChI=1S/C38H64O15/c1-3-5-9-34(4-2)37(40)52-32-30-50-28-26-48-24-22-46-20-18-44-16-14-42-12-13-43-15-17-45-19-21-47-23-25-49-27-29-51-31-33-53-38(41)36(39)35-10-7-6-8-11-35/h6-8,10-11,34H,3-5,9,12-33H2,1-2H3. The van der Waals surface area contributed by atoms with Crippen LogP contribution in [0.5, 0.6) is 0 Å². The van der Waals surface area contributed by atoms with Crippen molar-refractivity contribution >= 4 is 17.7 Å². The Hall–Kier alpha value is -2.57. The summed E-state index contributed by atoms with van der Waals surface area (Å²) >= 11 is 0. The molecule has 15 nitrogen and oxygen atoms in total. The van der Waals surface area contributed by atoms with Gasteiger partial charge in [0.2, 0.25) is 0 Å². The Morgan fingerprint density at radius 2 is 0.774 bits per heavy atom. The molecule has 0 aromatic heterocycles. The average Bonchev–Trinajstić information content (AvgIpc) is 3.18. The first kappa shape index (κ1) is 48.4. The third-order valence-corrected chi connectivity index (χ3v) is 7.23. The van der Waals surface area contributed by atoms with Gasteiger partial charge in [-0.15, -0.1) is 0 Å². The predicted molar refractivity (Wildman–Crippen MR) is 194 cm³/mol. The smallest absolute Gasteiger partial charge is 0.379 e. The van der Waals surface area contributed by atoms with Gasteiger partial charge in [-0.1, -0.05) is 57.0 Å². The molecule has 0 saturated heterocycles. The molecular formula is C38H64O15. The summed E-state index contributed by atoms with van der Waals surface area (Å²) in [4.78, 5) is 35.7. The van der Waals surface area contributed by atoms with Gasteiger partial charge in [0.1, 0.15) is 13.2 Å². The highest BCUT2D eigenvalue weighted by Crippen LogP contribution is 2.14. The topological polar surface area (TPSA) is 162 Å². The molecule has 0 aliphatic rings. The number of carbonyl (C=O) groups excluding carboxylic acids is 3. The highest BCUT2D eigenvalue weighted by Gasteiger charge is 2.18. The zero-order valence-electron chi connectivity index (χ0n) is 32.0. The molecule has 0 aliphatic heterocycles. The molecule has 1 aromatic rings. The molecular weight excluding hydrogens is 696 g/mol. The lowest BCUT2D eigenvalue weighted by Crippen LogP contribution is -2.20. The van der Waals surface area contributed by atoms with Crippen molar-refractivity contribution in [2.45, 2.75) is 39.5 Å². The van der Waals surface area contributed by atoms with Gasteiger partial charge in [-0.25, -0.2) is 4.79 Å². The Morgan fingerprint density at radius 1 is 0.453 bits per heavy atom. The largest absolute Gasteiger partial charge is 0.463 e. The van der Waals surface area contributed by atoms with Gasteiger partial charge in [-0.05, 0) is 12.8 Å². The minimum Gasteiger partial charge on any atom is -0.463 e. The number of ketones is 1. The van der Waals surface area contributed by atoms with Crippen molar-refractivity contribution in [2.24, 2.45) is 5.92 Å². The first-order valence-electron chi connectivity index (χ1n) is 18.8. The Kier molecular flexibility index (Phi) is 34.5. The highest BCUT2D eigenvalue weighted by atomic mass is 16.6. The second-order valence-electron chi connectivity index (χ2n) is 11.4. The van der Waals surface area contributed by atoms with Crippen LogP contribution in [0.15, 0.2) is 30.3 Å². The van der Waals surface area contributed by atoms with E-state index < -0.39 is 11.8 Å². The van der Waals surface area contributed by atoms with E-state index in [1.807, 2.05) is 6.92 Å². The summed E-state index contributed by atoms with van der Waals surface area (Å²) in [7, 11) is 0. The molecule has 0 N–H and O–H groups in total. The Balaban J connectivity index is 1.68. The van der Waals surface area contributed by atoms with E-state index in [2.05, 4.69) is 6.92 Å². The lowest BCUT2D eigenvalue weighted by Gasteiger charge is -2.13. The molecule has 1 rings (SSSR count). The van der Waals surface area contributed by atoms with Gasteiger partial charge >= 0.3 is 11.9 Å². The van der Waals surface area contributed by atoms with Crippen molar-refractivity contribution in [2.75, 3.05) is 145 Å². The first-order chi connectivity index (χ1) is 26.1. The maximum atomic E-state index is 12.0. The molecule has 0 heterocycles. The molecule has 0 bridgehead atoms. The zero-order valence-corrected chi connectivity index (χ0v) is 32.0. The van der Waals surface area contributed by atoms with Gasteiger partial charge in [0.05, 0.1) is 138 Å². The number of hydrogen-bond acceptors (Lipinski definition) is 15. The molecule has 306 valence electrons. The van der Waals surface area contributed by atoms with E-state index in [0.29, 0.717) is 131 Å². The second kappa shape index (κ2) is 37.7. The van der Waals surface area contributed by atoms with Crippen molar-refractivity contribution in [1.82, 2.24) is 0 Å². The summed E-state index contributed by atoms with van der Waals surface area (Å²) < 4.78 is 64.7. The Morgan fingerprint density at radius 3 is 1.09 bits per heavy atom. The van der Waals surface area contributed by atoms with Crippen molar-refractivity contribution < 1.29 is 71.2 Å². The van der Waals surface area contributed by atoms with Gasteiger partial charge in [-0.2, -0.15) is 0 Å². The zero-order chi connectivity index (χ0) is 38.3. The summed E-state index contributed by atoms with van der Waals surface area (Å²) in [6.07, 6.45) is 3.80. The van der Waals surface area contributed by atoms with Gasteiger partial charge in [-0.3, -0.25) is 9.59 Å². The number of unbranched alkanes of at least 4 members (excludes halogenated alkanes) is 1. The normalized spacial score (nSPS) is 11.8. The van der Waals surface area contributed by atoms with Gasteiger partial charge in [0.15, 0.2) is 0 Å². The van der Waals surface area contributed by atoms with E-state index in [1.54, 1.807) is 30.3 Å². The molecule has 0 radical (unpaired) electrons. The van der Waals surface area contributed by atoms with E-state index >= 15 is 0 Å². The molecule has 0 spiro atoms. The molecule has 0 amide bonds. The van der Waals surface area contributed by atoms with E-state index in [-0.39, 0.29) is 31.7 Å². The number of benzene rings is 1. The van der Waals surface area contributed by atoms with Crippen molar-refractivity contribution in [1.29, 1.82) is 0 Å². The van der Waals surface area contributed by atoms with E-state index in [0.717, 1.165) is 25.7 Å². The lowest BCUT2D eigenvalue weighted by molar-refractivity contribution is -0.150. The molecule has 53 heavy (non-hydrogen) atoms. The molecule has 1 unspecified atom stereocenters. The first-order valence-corrected chi connectivity index (χ1v) is 18.8. The van der Waals surface area contributed by atoms with E-state index in [1.165, 1.54) is 0 Å². The van der Waals surface area contributed by atoms with E-state index in [9.17, 15) is 14.4 Å². The van der Waals surface area contributed by atoms with Gasteiger partial charge in [0, 0.05) is 5.56 Å². The van der Waals surface area contributed by atoms with Crippen LogP contribution in [0.4, 0.5) is 0 Å². The Labute approximate surface area is 315 Å². The minimum atomic E-state index is -0.900. The van der Waals surface area contributed by atoms with Gasteiger partial charge < -0.3 is 56.8 Å². The van der Waals surface area contributed by atoms with Crippen LogP contribution >= 0.6 is 0 Å². The molecule has 0 fully saturated rings. The van der Waals surface area contributed by atoms with Crippen LogP contribution in [0.2, 0.25) is 0 Å². The summed E-state index contributed by atoms with van der Waals surface area (Å²) in [6, 6.07) is 8.25. The van der Waals surface area contributed by atoms with Crippen LogP contribution in [-0.4, -0.2) is 163 Å². The average molecular weight is 761 g/mol. The third-order valence-electron chi connectivity index (χ3n) is 7.23. The van der Waals surface area contributed by atoms with Crippen molar-refractivity contribution in [3.63, 3.8) is 0 Å². The number of rotatable bonds is 40. The number of esters is 2. The van der Waals surface area contributed by atoms with Crippen molar-refractivity contribution in [3.8, 4) is 0 Å². The summed E-state index contributed by atoms with van der Waals surface area (Å²) in [5.41, 5.74) is 0.293. The van der Waals surface area contributed by atoms with Gasteiger partial charge in [0.25, 0.3) is 5.78 Å². The fourth-order valence-electron chi connectivity index (χ4n) is 4.31.